The molecule has 0 aliphatic rings. The third-order valence-electron chi connectivity index (χ3n) is 6.34. The number of benzene rings is 4. The van der Waals surface area contributed by atoms with Gasteiger partial charge in [0.1, 0.15) is 0 Å². The van der Waals surface area contributed by atoms with Gasteiger partial charge in [0, 0.05) is 27.6 Å². The minimum Gasteiger partial charge on any atom is -0.319 e. The average molecular weight is 547 g/mol. The van der Waals surface area contributed by atoms with Gasteiger partial charge in [-0.2, -0.15) is 0 Å². The normalized spacial score (nSPS) is 13.8. The van der Waals surface area contributed by atoms with Crippen molar-refractivity contribution in [3.8, 4) is 0 Å². The zero-order valence-corrected chi connectivity index (χ0v) is 24.0. The van der Waals surface area contributed by atoms with E-state index in [9.17, 15) is 9.13 Å². The summed E-state index contributed by atoms with van der Waals surface area (Å²) in [6, 6.07) is 37.5. The molecule has 4 rings (SSSR count). The van der Waals surface area contributed by atoms with E-state index in [1.54, 1.807) is 0 Å². The standard InChI is InChI=1S/C32H36O4P2/c1-26(2)24-28(36-38(34,31-20-12-6-13-21-31)32-22-14-7-15-23-32)25-27(3)35-37(33,29-16-8-4-9-17-29)30-18-10-5-11-19-30/h4-23,26-28H,24-25H2,1-3H3. The monoisotopic (exact) mass is 546 g/mol. The third kappa shape index (κ3) is 6.82. The van der Waals surface area contributed by atoms with Crippen LogP contribution < -0.4 is 21.2 Å². The SMILES string of the molecule is CC(C)CC(CC(C)OP(=O)(c1ccccc1)c1ccccc1)OP(=O)(c1ccccc1)c1ccccc1. The molecule has 4 nitrogen and oxygen atoms in total. The minimum absolute atomic E-state index is 0.308. The molecule has 0 aliphatic heterocycles. The summed E-state index contributed by atoms with van der Waals surface area (Å²) in [5, 5.41) is 2.62. The van der Waals surface area contributed by atoms with Gasteiger partial charge in [0.05, 0.1) is 12.2 Å². The lowest BCUT2D eigenvalue weighted by Gasteiger charge is -2.30. The maximum atomic E-state index is 14.6. The van der Waals surface area contributed by atoms with Gasteiger partial charge in [-0.05, 0) is 67.8 Å². The van der Waals surface area contributed by atoms with Crippen LogP contribution in [0.25, 0.3) is 0 Å². The summed E-state index contributed by atoms with van der Waals surface area (Å²) in [5.74, 6) is 0.308. The van der Waals surface area contributed by atoms with Crippen molar-refractivity contribution >= 4 is 36.0 Å². The molecule has 0 saturated carbocycles. The fourth-order valence-corrected chi connectivity index (χ4v) is 9.15. The van der Waals surface area contributed by atoms with E-state index in [0.717, 1.165) is 0 Å². The summed E-state index contributed by atoms with van der Waals surface area (Å²) in [7, 11) is -6.75. The van der Waals surface area contributed by atoms with Gasteiger partial charge in [-0.25, -0.2) is 0 Å². The highest BCUT2D eigenvalue weighted by atomic mass is 31.2. The fraction of sp³-hybridized carbons (Fsp3) is 0.250. The molecule has 0 heterocycles. The third-order valence-corrected chi connectivity index (χ3v) is 11.5. The predicted octanol–water partition coefficient (Wildman–Crippen LogP) is 7.07. The van der Waals surface area contributed by atoms with Crippen LogP contribution in [-0.2, 0) is 18.2 Å². The molecule has 0 bridgehead atoms. The molecule has 2 atom stereocenters. The van der Waals surface area contributed by atoms with Crippen molar-refractivity contribution in [1.82, 2.24) is 0 Å². The van der Waals surface area contributed by atoms with E-state index in [2.05, 4.69) is 13.8 Å². The van der Waals surface area contributed by atoms with E-state index >= 15 is 0 Å². The Balaban J connectivity index is 1.64. The molecule has 4 aromatic carbocycles. The van der Waals surface area contributed by atoms with Gasteiger partial charge in [0.25, 0.3) is 14.7 Å². The van der Waals surface area contributed by atoms with Crippen LogP contribution in [0.3, 0.4) is 0 Å². The zero-order chi connectivity index (χ0) is 27.0. The average Bonchev–Trinajstić information content (AvgIpc) is 2.94. The van der Waals surface area contributed by atoms with E-state index in [1.807, 2.05) is 128 Å². The van der Waals surface area contributed by atoms with Crippen LogP contribution in [0.4, 0.5) is 0 Å². The van der Waals surface area contributed by atoms with Gasteiger partial charge >= 0.3 is 0 Å². The van der Waals surface area contributed by atoms with Crippen molar-refractivity contribution in [2.75, 3.05) is 0 Å². The molecule has 0 spiro atoms. The Morgan fingerprint density at radius 3 is 1.13 bits per heavy atom. The second-order valence-corrected chi connectivity index (χ2v) is 14.6. The first kappa shape index (κ1) is 28.3. The smallest absolute Gasteiger partial charge is 0.261 e. The fourth-order valence-electron chi connectivity index (χ4n) is 4.62. The van der Waals surface area contributed by atoms with Gasteiger partial charge in [0.15, 0.2) is 0 Å². The maximum Gasteiger partial charge on any atom is 0.261 e. The number of hydrogen-bond donors (Lipinski definition) is 0. The molecule has 0 fully saturated rings. The summed E-state index contributed by atoms with van der Waals surface area (Å²) >= 11 is 0. The number of hydrogen-bond acceptors (Lipinski definition) is 4. The van der Waals surface area contributed by atoms with E-state index < -0.39 is 20.8 Å². The Morgan fingerprint density at radius 1 is 0.500 bits per heavy atom. The predicted molar refractivity (Wildman–Crippen MR) is 159 cm³/mol. The summed E-state index contributed by atoms with van der Waals surface area (Å²) in [5.41, 5.74) is 0. The molecular weight excluding hydrogens is 510 g/mol. The molecule has 0 aliphatic carbocycles. The van der Waals surface area contributed by atoms with E-state index in [0.29, 0.717) is 40.0 Å². The van der Waals surface area contributed by atoms with Crippen molar-refractivity contribution in [1.29, 1.82) is 0 Å². The van der Waals surface area contributed by atoms with Crippen LogP contribution >= 0.6 is 14.7 Å². The molecule has 198 valence electrons. The van der Waals surface area contributed by atoms with Crippen molar-refractivity contribution in [2.45, 2.75) is 45.8 Å². The summed E-state index contributed by atoms with van der Waals surface area (Å²) < 4.78 is 42.1. The maximum absolute atomic E-state index is 14.6. The van der Waals surface area contributed by atoms with Crippen molar-refractivity contribution in [2.24, 2.45) is 5.92 Å². The van der Waals surface area contributed by atoms with Gasteiger partial charge in [-0.3, -0.25) is 9.13 Å². The van der Waals surface area contributed by atoms with Gasteiger partial charge in [-0.1, -0.05) is 86.6 Å². The van der Waals surface area contributed by atoms with Gasteiger partial charge in [-0.15, -0.1) is 0 Å². The molecule has 6 heteroatoms. The quantitative estimate of drug-likeness (QED) is 0.178. The Labute approximate surface area is 227 Å². The van der Waals surface area contributed by atoms with Crippen LogP contribution in [0.15, 0.2) is 121 Å². The lowest BCUT2D eigenvalue weighted by atomic mass is 10.0. The largest absolute Gasteiger partial charge is 0.319 e. The highest BCUT2D eigenvalue weighted by molar-refractivity contribution is 7.74. The highest BCUT2D eigenvalue weighted by Gasteiger charge is 2.35. The molecule has 0 N–H and O–H groups in total. The lowest BCUT2D eigenvalue weighted by Crippen LogP contribution is -2.29. The number of rotatable bonds is 12. The molecule has 0 saturated heterocycles. The van der Waals surface area contributed by atoms with Crippen molar-refractivity contribution in [3.05, 3.63) is 121 Å². The summed E-state index contributed by atoms with van der Waals surface area (Å²) in [6.07, 6.45) is 0.366. The van der Waals surface area contributed by atoms with Crippen LogP contribution in [0.1, 0.15) is 33.6 Å². The highest BCUT2D eigenvalue weighted by Crippen LogP contribution is 2.49. The zero-order valence-electron chi connectivity index (χ0n) is 22.2. The first-order valence-corrected chi connectivity index (χ1v) is 16.4. The van der Waals surface area contributed by atoms with E-state index in [4.69, 9.17) is 9.05 Å². The minimum atomic E-state index is -3.38. The molecule has 0 aromatic heterocycles. The molecular formula is C32H36O4P2. The van der Waals surface area contributed by atoms with E-state index in [1.165, 1.54) is 0 Å². The van der Waals surface area contributed by atoms with Crippen molar-refractivity contribution < 1.29 is 18.2 Å². The van der Waals surface area contributed by atoms with Crippen LogP contribution in [0.5, 0.6) is 0 Å². The van der Waals surface area contributed by atoms with Crippen LogP contribution in [-0.4, -0.2) is 12.2 Å². The second kappa shape index (κ2) is 12.9. The Morgan fingerprint density at radius 2 is 0.816 bits per heavy atom. The topological polar surface area (TPSA) is 52.6 Å². The van der Waals surface area contributed by atoms with Gasteiger partial charge in [0.2, 0.25) is 0 Å². The Kier molecular flexibility index (Phi) is 9.58. The first-order chi connectivity index (χ1) is 18.3. The molecule has 0 radical (unpaired) electrons. The summed E-state index contributed by atoms with van der Waals surface area (Å²) in [4.78, 5) is 0. The molecule has 2 unspecified atom stereocenters. The van der Waals surface area contributed by atoms with Gasteiger partial charge < -0.3 is 9.05 Å². The molecule has 38 heavy (non-hydrogen) atoms. The van der Waals surface area contributed by atoms with Crippen LogP contribution in [0.2, 0.25) is 0 Å². The van der Waals surface area contributed by atoms with Crippen molar-refractivity contribution in [3.63, 3.8) is 0 Å². The van der Waals surface area contributed by atoms with E-state index in [-0.39, 0.29) is 6.10 Å². The molecule has 4 aromatic rings. The molecule has 0 amide bonds. The Bertz CT molecular complexity index is 1270. The Hall–Kier alpha value is -2.74. The second-order valence-electron chi connectivity index (χ2n) is 9.95. The first-order valence-electron chi connectivity index (χ1n) is 13.1. The van der Waals surface area contributed by atoms with Crippen LogP contribution in [0, 0.1) is 5.92 Å². The lowest BCUT2D eigenvalue weighted by molar-refractivity contribution is 0.115. The summed E-state index contributed by atoms with van der Waals surface area (Å²) in [6.45, 7) is 6.17.